The maximum Gasteiger partial charge on any atom is -0.0142 e. The van der Waals surface area contributed by atoms with Gasteiger partial charge in [-0.05, 0) is 34.1 Å². The smallest absolute Gasteiger partial charge is 0.0142 e. The van der Waals surface area contributed by atoms with Crippen molar-refractivity contribution >= 4 is 0 Å². The summed E-state index contributed by atoms with van der Waals surface area (Å²) in [6, 6.07) is 10.7. The summed E-state index contributed by atoms with van der Waals surface area (Å²) in [4.78, 5) is 0. The predicted octanol–water partition coefficient (Wildman–Crippen LogP) is 10.1. The quantitative estimate of drug-likeness (QED) is 0.471. The molecule has 1 fully saturated rings. The van der Waals surface area contributed by atoms with E-state index in [1.165, 1.54) is 37.7 Å². The molecular formula is C28H54. The Bertz CT molecular complexity index is 437. The molecule has 0 aliphatic heterocycles. The molecule has 1 aliphatic carbocycles. The lowest BCUT2D eigenvalue weighted by Crippen LogP contribution is -2.27. The van der Waals surface area contributed by atoms with E-state index in [1.54, 1.807) is 0 Å². The van der Waals surface area contributed by atoms with E-state index < -0.39 is 0 Å². The highest BCUT2D eigenvalue weighted by Crippen LogP contribution is 2.39. The molecule has 28 heavy (non-hydrogen) atoms. The molecule has 166 valence electrons. The van der Waals surface area contributed by atoms with Gasteiger partial charge in [0.15, 0.2) is 0 Å². The SMILES string of the molecule is CC.CC.CC(C1CCCCC1)C(C)(C)C.CC(c1ccccc1)C(C)(C)C. The lowest BCUT2D eigenvalue weighted by molar-refractivity contribution is 0.141. The minimum Gasteiger partial charge on any atom is -0.0683 e. The Morgan fingerprint density at radius 2 is 1.11 bits per heavy atom. The fourth-order valence-corrected chi connectivity index (χ4v) is 3.58. The molecule has 0 N–H and O–H groups in total. The van der Waals surface area contributed by atoms with Gasteiger partial charge < -0.3 is 0 Å². The highest BCUT2D eigenvalue weighted by atomic mass is 14.3. The van der Waals surface area contributed by atoms with Crippen LogP contribution in [0.4, 0.5) is 0 Å². The van der Waals surface area contributed by atoms with Gasteiger partial charge in [-0.1, -0.05) is 146 Å². The fraction of sp³-hybridized carbons (Fsp3) is 0.786. The van der Waals surface area contributed by atoms with E-state index in [9.17, 15) is 0 Å². The van der Waals surface area contributed by atoms with Gasteiger partial charge in [-0.3, -0.25) is 0 Å². The molecule has 1 saturated carbocycles. The van der Waals surface area contributed by atoms with Crippen LogP contribution in [0.5, 0.6) is 0 Å². The summed E-state index contributed by atoms with van der Waals surface area (Å²) in [5.41, 5.74) is 2.31. The van der Waals surface area contributed by atoms with Crippen LogP contribution in [-0.2, 0) is 0 Å². The monoisotopic (exact) mass is 390 g/mol. The van der Waals surface area contributed by atoms with Gasteiger partial charge in [-0.2, -0.15) is 0 Å². The zero-order chi connectivity index (χ0) is 22.4. The molecule has 0 aromatic heterocycles. The summed E-state index contributed by atoms with van der Waals surface area (Å²) >= 11 is 0. The van der Waals surface area contributed by atoms with Gasteiger partial charge in [-0.15, -0.1) is 0 Å². The summed E-state index contributed by atoms with van der Waals surface area (Å²) < 4.78 is 0. The van der Waals surface area contributed by atoms with E-state index in [1.807, 2.05) is 27.7 Å². The second-order valence-corrected chi connectivity index (χ2v) is 10.1. The molecule has 2 atom stereocenters. The van der Waals surface area contributed by atoms with E-state index >= 15 is 0 Å². The minimum absolute atomic E-state index is 0.362. The molecule has 0 spiro atoms. The van der Waals surface area contributed by atoms with Crippen LogP contribution in [0.2, 0.25) is 0 Å². The maximum absolute atomic E-state index is 2.44. The van der Waals surface area contributed by atoms with Crippen molar-refractivity contribution in [3.8, 4) is 0 Å². The summed E-state index contributed by atoms with van der Waals surface area (Å²) in [5, 5.41) is 0. The van der Waals surface area contributed by atoms with Crippen molar-refractivity contribution in [3.63, 3.8) is 0 Å². The summed E-state index contributed by atoms with van der Waals surface area (Å²) in [6.45, 7) is 26.7. The first-order valence-corrected chi connectivity index (χ1v) is 12.1. The molecule has 1 aliphatic rings. The molecular weight excluding hydrogens is 336 g/mol. The average molecular weight is 391 g/mol. The van der Waals surface area contributed by atoms with Crippen LogP contribution in [0.15, 0.2) is 30.3 Å². The second-order valence-electron chi connectivity index (χ2n) is 10.1. The van der Waals surface area contributed by atoms with E-state index in [0.717, 1.165) is 11.8 Å². The van der Waals surface area contributed by atoms with Crippen molar-refractivity contribution in [2.75, 3.05) is 0 Å². The minimum atomic E-state index is 0.362. The molecule has 0 radical (unpaired) electrons. The lowest BCUT2D eigenvalue weighted by atomic mass is 9.69. The highest BCUT2D eigenvalue weighted by molar-refractivity contribution is 5.20. The van der Waals surface area contributed by atoms with Crippen LogP contribution < -0.4 is 0 Å². The average Bonchev–Trinajstić information content (AvgIpc) is 2.70. The molecule has 0 saturated heterocycles. The van der Waals surface area contributed by atoms with Crippen molar-refractivity contribution in [3.05, 3.63) is 35.9 Å². The number of hydrogen-bond acceptors (Lipinski definition) is 0. The Morgan fingerprint density at radius 1 is 0.679 bits per heavy atom. The van der Waals surface area contributed by atoms with Crippen LogP contribution in [0.1, 0.15) is 127 Å². The van der Waals surface area contributed by atoms with Crippen LogP contribution in [0, 0.1) is 22.7 Å². The van der Waals surface area contributed by atoms with Gasteiger partial charge in [0.25, 0.3) is 0 Å². The largest absolute Gasteiger partial charge is 0.0683 e. The van der Waals surface area contributed by atoms with Crippen molar-refractivity contribution in [2.24, 2.45) is 22.7 Å². The van der Waals surface area contributed by atoms with Crippen molar-refractivity contribution in [1.29, 1.82) is 0 Å². The summed E-state index contributed by atoms with van der Waals surface area (Å²) in [5.74, 6) is 2.54. The molecule has 1 aromatic rings. The van der Waals surface area contributed by atoms with Gasteiger partial charge >= 0.3 is 0 Å². The zero-order valence-corrected chi connectivity index (χ0v) is 21.7. The van der Waals surface area contributed by atoms with Crippen molar-refractivity contribution in [2.45, 2.75) is 121 Å². The Labute approximate surface area is 179 Å². The number of hydrogen-bond donors (Lipinski definition) is 0. The van der Waals surface area contributed by atoms with Crippen molar-refractivity contribution < 1.29 is 0 Å². The molecule has 0 heteroatoms. The second kappa shape index (κ2) is 15.1. The van der Waals surface area contributed by atoms with Gasteiger partial charge in [0, 0.05) is 0 Å². The van der Waals surface area contributed by atoms with Gasteiger partial charge in [-0.25, -0.2) is 0 Å². The lowest BCUT2D eigenvalue weighted by Gasteiger charge is -2.36. The number of rotatable bonds is 2. The molecule has 2 rings (SSSR count). The highest BCUT2D eigenvalue weighted by Gasteiger charge is 2.28. The Kier molecular flexibility index (Phi) is 15.9. The van der Waals surface area contributed by atoms with E-state index in [-0.39, 0.29) is 0 Å². The third-order valence-electron chi connectivity index (χ3n) is 6.32. The Hall–Kier alpha value is -0.780. The number of benzene rings is 1. The zero-order valence-electron chi connectivity index (χ0n) is 21.7. The molecule has 0 amide bonds. The summed E-state index contributed by atoms with van der Waals surface area (Å²) in [6.07, 6.45) is 7.40. The van der Waals surface area contributed by atoms with E-state index in [4.69, 9.17) is 0 Å². The Balaban J connectivity index is 0. The van der Waals surface area contributed by atoms with Crippen LogP contribution in [0.3, 0.4) is 0 Å². The third-order valence-corrected chi connectivity index (χ3v) is 6.32. The Morgan fingerprint density at radius 3 is 1.46 bits per heavy atom. The topological polar surface area (TPSA) is 0 Å². The third kappa shape index (κ3) is 11.9. The predicted molar refractivity (Wildman–Crippen MR) is 132 cm³/mol. The normalized spacial score (nSPS) is 16.9. The van der Waals surface area contributed by atoms with Crippen LogP contribution >= 0.6 is 0 Å². The van der Waals surface area contributed by atoms with Gasteiger partial charge in [0.2, 0.25) is 0 Å². The van der Waals surface area contributed by atoms with Crippen LogP contribution in [0.25, 0.3) is 0 Å². The van der Waals surface area contributed by atoms with Crippen LogP contribution in [-0.4, -0.2) is 0 Å². The first-order chi connectivity index (χ1) is 13.0. The maximum atomic E-state index is 2.44. The van der Waals surface area contributed by atoms with E-state index in [0.29, 0.717) is 16.7 Å². The van der Waals surface area contributed by atoms with E-state index in [2.05, 4.69) is 85.7 Å². The molecule has 0 nitrogen and oxygen atoms in total. The van der Waals surface area contributed by atoms with Gasteiger partial charge in [0.1, 0.15) is 0 Å². The fourth-order valence-electron chi connectivity index (χ4n) is 3.58. The first kappa shape index (κ1) is 29.4. The molecule has 0 bridgehead atoms. The molecule has 2 unspecified atom stereocenters. The van der Waals surface area contributed by atoms with Gasteiger partial charge in [0.05, 0.1) is 0 Å². The summed E-state index contributed by atoms with van der Waals surface area (Å²) in [7, 11) is 0. The molecule has 1 aromatic carbocycles. The standard InChI is InChI=1S/C12H24.C12H18.2C2H6/c2*1-10(12(2,3)4)11-8-6-5-7-9-11;2*1-2/h10-11H,5-9H2,1-4H3;5-10H,1-4H3;2*1-2H3. The molecule has 0 heterocycles. The van der Waals surface area contributed by atoms with Crippen molar-refractivity contribution in [1.82, 2.24) is 0 Å². The first-order valence-electron chi connectivity index (χ1n) is 12.1.